The van der Waals surface area contributed by atoms with Crippen molar-refractivity contribution in [1.29, 1.82) is 0 Å². The first-order valence-electron chi connectivity index (χ1n) is 43.2. The van der Waals surface area contributed by atoms with Crippen molar-refractivity contribution >= 4 is 80.2 Å². The van der Waals surface area contributed by atoms with Gasteiger partial charge in [-0.15, -0.1) is 0 Å². The summed E-state index contributed by atoms with van der Waals surface area (Å²) in [4.78, 5) is 11.6. The number of hydrogen-bond donors (Lipinski definition) is 2. The van der Waals surface area contributed by atoms with E-state index in [4.69, 9.17) is 19.5 Å². The van der Waals surface area contributed by atoms with Crippen LogP contribution in [-0.2, 0) is 15.3 Å². The molecule has 2 N–H and O–H groups in total. The molecule has 1 fully saturated rings. The third-order valence-electron chi connectivity index (χ3n) is 21.3. The molecule has 13 aromatic rings. The van der Waals surface area contributed by atoms with Crippen LogP contribution in [-0.4, -0.2) is 36.2 Å². The molecule has 0 aliphatic carbocycles. The molecule has 1 aliphatic heterocycles. The average Bonchev–Trinajstić information content (AvgIpc) is 1.66. The van der Waals surface area contributed by atoms with Gasteiger partial charge in [0.15, 0.2) is 11.6 Å². The summed E-state index contributed by atoms with van der Waals surface area (Å²) in [7, 11) is -1.43. The van der Waals surface area contributed by atoms with E-state index < -0.39 is 12.9 Å². The third-order valence-corrected chi connectivity index (χ3v) is 21.3. The van der Waals surface area contributed by atoms with Crippen LogP contribution in [0.15, 0.2) is 382 Å². The van der Waals surface area contributed by atoms with Crippen LogP contribution in [0.4, 0.5) is 0 Å². The van der Waals surface area contributed by atoms with Gasteiger partial charge in [-0.25, -0.2) is 0 Å². The molecule has 0 aromatic heterocycles. The second kappa shape index (κ2) is 50.1. The van der Waals surface area contributed by atoms with Gasteiger partial charge in [-0.1, -0.05) is 444 Å². The monoisotopic (exact) mass is 1620 g/mol. The molecule has 1 aliphatic rings. The molecular formula is C117H127BO5. The van der Waals surface area contributed by atoms with E-state index in [1.807, 2.05) is 31.2 Å². The van der Waals surface area contributed by atoms with Gasteiger partial charge < -0.3 is 19.5 Å². The number of rotatable bonds is 22. The molecule has 0 radical (unpaired) electrons. The first-order chi connectivity index (χ1) is 59.2. The lowest BCUT2D eigenvalue weighted by molar-refractivity contribution is -0.149. The van der Waals surface area contributed by atoms with Gasteiger partial charge in [-0.3, -0.25) is 4.79 Å². The highest BCUT2D eigenvalue weighted by Crippen LogP contribution is 2.40. The highest BCUT2D eigenvalue weighted by Gasteiger charge is 2.33. The molecule has 0 atom stereocenters. The molecule has 14 rings (SSSR count). The van der Waals surface area contributed by atoms with Gasteiger partial charge in [0.05, 0.1) is 13.2 Å². The van der Waals surface area contributed by atoms with E-state index in [0.29, 0.717) is 18.7 Å². The summed E-state index contributed by atoms with van der Waals surface area (Å²) in [6, 6.07) is 127. The average molecular weight is 1620 g/mol. The number of benzene rings is 13. The summed E-state index contributed by atoms with van der Waals surface area (Å²) in [6.07, 6.45) is 10.4. The van der Waals surface area contributed by atoms with Gasteiger partial charge in [0.1, 0.15) is 0 Å². The number of Topliss-reactive ketones (excluding diaryl/α,β-unsaturated/α-hetero) is 1. The smallest absolute Gasteiger partial charge is 0.423 e. The topological polar surface area (TPSA) is 76.0 Å². The first kappa shape index (κ1) is 96.1. The largest absolute Gasteiger partial charge is 0.488 e. The quantitative estimate of drug-likeness (QED) is 0.0402. The Balaban J connectivity index is 0.000000190. The van der Waals surface area contributed by atoms with Gasteiger partial charge in [-0.05, 0) is 232 Å². The second-order valence-corrected chi connectivity index (χ2v) is 31.2. The van der Waals surface area contributed by atoms with Gasteiger partial charge in [-0.2, -0.15) is 0 Å². The summed E-state index contributed by atoms with van der Waals surface area (Å²) in [5.74, 6) is 0.231. The van der Waals surface area contributed by atoms with Crippen molar-refractivity contribution in [1.82, 2.24) is 0 Å². The first-order valence-corrected chi connectivity index (χ1v) is 43.2. The van der Waals surface area contributed by atoms with E-state index in [1.165, 1.54) is 139 Å². The Kier molecular flexibility index (Phi) is 39.2. The van der Waals surface area contributed by atoms with E-state index in [0.717, 1.165) is 48.3 Å². The Morgan fingerprint density at radius 2 is 0.537 bits per heavy atom. The van der Waals surface area contributed by atoms with Gasteiger partial charge in [0.2, 0.25) is 0 Å². The van der Waals surface area contributed by atoms with E-state index in [1.54, 1.807) is 31.2 Å². The van der Waals surface area contributed by atoms with Crippen LogP contribution in [0.2, 0.25) is 0 Å². The number of allylic oxidation sites excluding steroid dienone is 9. The third kappa shape index (κ3) is 28.1. The summed E-state index contributed by atoms with van der Waals surface area (Å²) in [6.45, 7) is 32.8. The SMILES string of the molecule is C.C/C=C(/C)c1ccc(/C(=C(/CC)c2ccccc2)c2ccccc2)cc1.C/C=C(\C)c1ccc(/C(=C(/CC)c2ccccc2)c2ccccc2)cc1.CC(C)C.CC/C(=C(\c1ccccc1)c1ccc(C(C)=O)cc1)c1ccccc1.CC/C(=C(\c1ccccc1)c1ccc(C=C(C)C)cc1)c1ccccc1.CC1(c2ccc(B(O)O)cc2)OCCO1. The van der Waals surface area contributed by atoms with E-state index >= 15 is 0 Å². The maximum absolute atomic E-state index is 11.6. The standard InChI is InChI=1S/3C26H26.C24H22O.C10H13BO4.C4H10.CH4/c1-4-25(22-11-7-5-8-12-22)26(23-13-9-6-10-14-23)24-17-15-21(16-18-24)19-20(2)3;2*1-4-20(3)21-16-18-24(19-17-21)26(23-14-10-7-11-15-23)25(5-2)22-12-8-6-9-13-22;1-3-23(20-10-6-4-7-11-20)24(21-12-8-5-9-13-21)22-16-14-19(15-17-22)18(2)25;1-10(14-6-7-15-10)8-2-4-9(5-3-8)11(12)13;1-4(2)3;/h5-19H,4H2,1-3H3;2*4,6-19H,5H2,1-3H3;4-17H,3H2,1-2H3;2-5,12-13H,6-7H2,1H3;4H,1-3H3;1H4/b26-25-;20-4+,26-25-;20-4-,26-25-;24-23-;;;. The second-order valence-electron chi connectivity index (χ2n) is 31.2. The van der Waals surface area contributed by atoms with Crippen LogP contribution < -0.4 is 5.46 Å². The molecule has 5 nitrogen and oxygen atoms in total. The summed E-state index contributed by atoms with van der Waals surface area (Å²) >= 11 is 0. The number of carbonyl (C=O) groups is 1. The maximum atomic E-state index is 11.6. The Morgan fingerprint density at radius 3 is 0.748 bits per heavy atom. The lowest BCUT2D eigenvalue weighted by Gasteiger charge is -2.22. The van der Waals surface area contributed by atoms with Crippen LogP contribution in [0.1, 0.15) is 236 Å². The molecule has 0 amide bonds. The van der Waals surface area contributed by atoms with Crippen molar-refractivity contribution in [3.05, 3.63) is 476 Å². The van der Waals surface area contributed by atoms with Crippen molar-refractivity contribution in [2.75, 3.05) is 13.2 Å². The van der Waals surface area contributed by atoms with Gasteiger partial charge in [0.25, 0.3) is 0 Å². The molecule has 0 spiro atoms. The van der Waals surface area contributed by atoms with Crippen molar-refractivity contribution in [3.63, 3.8) is 0 Å². The molecule has 6 heteroatoms. The Bertz CT molecular complexity index is 5380. The number of carbonyl (C=O) groups excluding carboxylic acids is 1. The van der Waals surface area contributed by atoms with Crippen LogP contribution in [0.5, 0.6) is 0 Å². The van der Waals surface area contributed by atoms with E-state index in [2.05, 4.69) is 424 Å². The van der Waals surface area contributed by atoms with Crippen molar-refractivity contribution in [2.24, 2.45) is 5.92 Å². The normalized spacial score (nSPS) is 12.8. The fourth-order valence-corrected chi connectivity index (χ4v) is 14.9. The predicted molar refractivity (Wildman–Crippen MR) is 533 cm³/mol. The van der Waals surface area contributed by atoms with Crippen LogP contribution in [0, 0.1) is 5.92 Å². The summed E-state index contributed by atoms with van der Waals surface area (Å²) < 4.78 is 11.0. The van der Waals surface area contributed by atoms with Crippen molar-refractivity contribution in [3.8, 4) is 0 Å². The van der Waals surface area contributed by atoms with Gasteiger partial charge in [0, 0.05) is 11.1 Å². The fraction of sp³-hybridized carbons (Fsp3) is 0.205. The molecule has 0 unspecified atom stereocenters. The summed E-state index contributed by atoms with van der Waals surface area (Å²) in [5.41, 5.74) is 35.5. The molecule has 628 valence electrons. The minimum Gasteiger partial charge on any atom is -0.423 e. The van der Waals surface area contributed by atoms with E-state index in [-0.39, 0.29) is 13.2 Å². The lowest BCUT2D eigenvalue weighted by Crippen LogP contribution is -2.30. The molecule has 1 heterocycles. The maximum Gasteiger partial charge on any atom is 0.488 e. The molecule has 123 heavy (non-hydrogen) atoms. The Labute approximate surface area is 737 Å². The molecule has 0 saturated carbocycles. The predicted octanol–water partition coefficient (Wildman–Crippen LogP) is 30.6. The van der Waals surface area contributed by atoms with E-state index in [9.17, 15) is 4.79 Å². The Hall–Kier alpha value is -12.4. The number of ketones is 1. The molecule has 13 aromatic carbocycles. The molecule has 1 saturated heterocycles. The van der Waals surface area contributed by atoms with Crippen LogP contribution in [0.25, 0.3) is 61.8 Å². The highest BCUT2D eigenvalue weighted by atomic mass is 16.7. The van der Waals surface area contributed by atoms with Crippen LogP contribution in [0.3, 0.4) is 0 Å². The van der Waals surface area contributed by atoms with Crippen molar-refractivity contribution in [2.45, 2.75) is 143 Å². The zero-order valence-electron chi connectivity index (χ0n) is 74.4. The minimum atomic E-state index is -1.43. The molecular weight excluding hydrogens is 1500 g/mol. The number of ether oxygens (including phenoxy) is 2. The van der Waals surface area contributed by atoms with Crippen LogP contribution >= 0.6 is 0 Å². The summed E-state index contributed by atoms with van der Waals surface area (Å²) in [5, 5.41) is 17.9. The highest BCUT2D eigenvalue weighted by molar-refractivity contribution is 6.58. The minimum absolute atomic E-state index is 0. The number of hydrogen-bond acceptors (Lipinski definition) is 5. The zero-order chi connectivity index (χ0) is 87.2. The van der Waals surface area contributed by atoms with Crippen molar-refractivity contribution < 1.29 is 24.3 Å². The zero-order valence-corrected chi connectivity index (χ0v) is 74.4. The molecule has 0 bridgehead atoms. The fourth-order valence-electron chi connectivity index (χ4n) is 14.9. The van der Waals surface area contributed by atoms with Gasteiger partial charge >= 0.3 is 7.12 Å². The Morgan fingerprint density at radius 1 is 0.325 bits per heavy atom. The lowest BCUT2D eigenvalue weighted by atomic mass is 9.80.